The summed E-state index contributed by atoms with van der Waals surface area (Å²) in [7, 11) is 1.36. The van der Waals surface area contributed by atoms with Crippen LogP contribution in [0, 0.1) is 0 Å². The summed E-state index contributed by atoms with van der Waals surface area (Å²) >= 11 is 0. The maximum absolute atomic E-state index is 11.9. The van der Waals surface area contributed by atoms with Gasteiger partial charge in [-0.25, -0.2) is 4.39 Å². The molecule has 5 heteroatoms. The maximum atomic E-state index is 11.9. The number of hydrogen-bond donors (Lipinski definition) is 3. The lowest BCUT2D eigenvalue weighted by Gasteiger charge is -2.14. The second kappa shape index (κ2) is 4.19. The van der Waals surface area contributed by atoms with E-state index in [0.29, 0.717) is 0 Å². The van der Waals surface area contributed by atoms with Crippen molar-refractivity contribution in [3.05, 3.63) is 0 Å². The van der Waals surface area contributed by atoms with E-state index in [4.69, 9.17) is 6.54 Å². The molecule has 0 amide bonds. The Bertz CT molecular complexity index is 131. The molecule has 0 aromatic carbocycles. The number of aliphatic hydroxyl groups is 1. The number of aliphatic hydroxyl groups excluding tert-OH is 1. The Morgan fingerprint density at radius 1 is 2.00 bits per heavy atom. The Balaban J connectivity index is 4.09. The third kappa shape index (κ3) is 2.28. The van der Waals surface area contributed by atoms with Gasteiger partial charge in [-0.3, -0.25) is 4.79 Å². The molecule has 0 aliphatic carbocycles. The van der Waals surface area contributed by atoms with Gasteiger partial charge >= 0.3 is 5.97 Å². The summed E-state index contributed by atoms with van der Waals surface area (Å²) in [5.41, 5.74) is 0. The van der Waals surface area contributed by atoms with Crippen LogP contribution < -0.4 is 5.32 Å². The molecule has 4 nitrogen and oxygen atoms in total. The second-order valence-corrected chi connectivity index (χ2v) is 1.80. The van der Waals surface area contributed by atoms with Crippen LogP contribution in [0.3, 0.4) is 0 Å². The molecule has 0 rings (SSSR count). The number of halogens is 1. The van der Waals surface area contributed by atoms with Crippen LogP contribution in [0.2, 0.25) is 0 Å². The van der Waals surface area contributed by atoms with E-state index in [0.717, 1.165) is 0 Å². The average Bonchev–Trinajstić information content (AvgIpc) is 1.99. The van der Waals surface area contributed by atoms with Crippen molar-refractivity contribution < 1.29 is 19.4 Å². The van der Waals surface area contributed by atoms with Crippen LogP contribution >= 0.6 is 0 Å². The number of hydrogen-bond acceptors (Lipinski definition) is 3. The van der Waals surface area contributed by atoms with E-state index in [1.54, 1.807) is 0 Å². The first-order chi connectivity index (χ1) is 5.17. The average molecular weight is 153 g/mol. The Labute approximate surface area is 59.2 Å². The molecule has 0 saturated heterocycles. The topological polar surface area (TPSA) is 69.6 Å². The first kappa shape index (κ1) is 7.43. The summed E-state index contributed by atoms with van der Waals surface area (Å²) in [5.74, 6) is -1.23. The van der Waals surface area contributed by atoms with Crippen molar-refractivity contribution in [2.45, 2.75) is 12.1 Å². The van der Waals surface area contributed by atoms with E-state index in [-0.39, 0.29) is 0 Å². The lowest BCUT2D eigenvalue weighted by atomic mass is 10.2. The van der Waals surface area contributed by atoms with Gasteiger partial charge in [0, 0.05) is 0 Å². The van der Waals surface area contributed by atoms with Gasteiger partial charge in [-0.05, 0) is 7.05 Å². The number of rotatable bonds is 5. The van der Waals surface area contributed by atoms with Crippen molar-refractivity contribution in [3.8, 4) is 0 Å². The summed E-state index contributed by atoms with van der Waals surface area (Å²) < 4.78 is 18.3. The third-order valence-corrected chi connectivity index (χ3v) is 1.10. The molecule has 0 spiro atoms. The minimum atomic E-state index is -1.25. The largest absolute Gasteiger partial charge is 0.480 e. The van der Waals surface area contributed by atoms with Crippen LogP contribution in [0.5, 0.6) is 0 Å². The molecule has 0 fully saturated rings. The fraction of sp³-hybridized carbons (Fsp3) is 0.800. The van der Waals surface area contributed by atoms with Gasteiger partial charge in [-0.1, -0.05) is 0 Å². The van der Waals surface area contributed by atoms with Crippen LogP contribution in [-0.4, -0.2) is 43.5 Å². The van der Waals surface area contributed by atoms with Crippen LogP contribution in [0.15, 0.2) is 0 Å². The Hall–Kier alpha value is -0.680. The molecule has 0 aromatic rings. The Kier molecular flexibility index (Phi) is 3.11. The first-order valence-electron chi connectivity index (χ1n) is 3.16. The minimum absolute atomic E-state index is 0.999. The predicted octanol–water partition coefficient (Wildman–Crippen LogP) is -1.01. The lowest BCUT2D eigenvalue weighted by Crippen LogP contribution is -2.45. The minimum Gasteiger partial charge on any atom is -0.480 e. The van der Waals surface area contributed by atoms with Crippen LogP contribution in [0.4, 0.5) is 4.39 Å². The molecule has 0 aromatic heterocycles. The molecule has 0 unspecified atom stereocenters. The van der Waals surface area contributed by atoms with Crippen molar-refractivity contribution in [2.75, 3.05) is 13.7 Å². The second-order valence-electron chi connectivity index (χ2n) is 1.80. The Morgan fingerprint density at radius 2 is 2.60 bits per heavy atom. The van der Waals surface area contributed by atoms with Crippen molar-refractivity contribution in [2.24, 2.45) is 0 Å². The zero-order valence-electron chi connectivity index (χ0n) is 6.50. The molecular weight excluding hydrogens is 141 g/mol. The highest BCUT2D eigenvalue weighted by Crippen LogP contribution is 1.93. The highest BCUT2D eigenvalue weighted by Gasteiger charge is 2.23. The molecule has 10 heavy (non-hydrogen) atoms. The number of nitrogens with one attached hydrogen (secondary N) is 1. The number of alkyl halides is 1. The van der Waals surface area contributed by atoms with Crippen LogP contribution in [-0.2, 0) is 4.79 Å². The molecule has 0 aliphatic heterocycles. The first-order valence-corrected chi connectivity index (χ1v) is 2.75. The predicted molar refractivity (Wildman–Crippen MR) is 32.5 cm³/mol. The molecule has 0 aliphatic rings. The molecule has 0 heterocycles. The quantitative estimate of drug-likeness (QED) is 0.473. The summed E-state index contributed by atoms with van der Waals surface area (Å²) in [6, 6.07) is -1.17. The van der Waals surface area contributed by atoms with Crippen LogP contribution in [0.1, 0.15) is 0 Å². The smallest absolute Gasteiger partial charge is 0.323 e. The Morgan fingerprint density at radius 3 is 2.70 bits per heavy atom. The van der Waals surface area contributed by atoms with Gasteiger partial charge in [0.2, 0.25) is 1.43 Å². The molecule has 0 bridgehead atoms. The van der Waals surface area contributed by atoms with Crippen molar-refractivity contribution >= 4 is 5.97 Å². The number of likely N-dealkylation sites (N-methyl/N-ethyl adjacent to an activating group) is 1. The summed E-state index contributed by atoms with van der Waals surface area (Å²) in [4.78, 5) is 10.3. The zero-order valence-corrected chi connectivity index (χ0v) is 5.50. The van der Waals surface area contributed by atoms with Crippen molar-refractivity contribution in [3.63, 3.8) is 0 Å². The fourth-order valence-corrected chi connectivity index (χ4v) is 0.557. The van der Waals surface area contributed by atoms with Crippen LogP contribution in [0.25, 0.3) is 0 Å². The normalized spacial score (nSPS) is 17.6. The standard InChI is InChI=1S/C5H10FNO3/c1-7-4(5(9)10)3(8)2-6/h3-4,7-8H,2H2,1H3,(H,9,10)/t3-,4+/m1/s1/i8T. The van der Waals surface area contributed by atoms with Crippen molar-refractivity contribution in [1.82, 2.24) is 5.32 Å². The summed E-state index contributed by atoms with van der Waals surface area (Å²) in [5, 5.41) is 14.6. The van der Waals surface area contributed by atoms with E-state index >= 15 is 0 Å². The third-order valence-electron chi connectivity index (χ3n) is 1.10. The van der Waals surface area contributed by atoms with Gasteiger partial charge in [-0.15, -0.1) is 0 Å². The van der Waals surface area contributed by atoms with Crippen molar-refractivity contribution in [1.29, 1.82) is 1.43 Å². The molecular formula is C5H10FNO3. The summed E-state index contributed by atoms with van der Waals surface area (Å²) in [6.07, 6.45) is -1.25. The van der Waals surface area contributed by atoms with E-state index in [9.17, 15) is 9.18 Å². The number of carbonyl (C=O) groups is 1. The molecule has 0 saturated carbocycles. The lowest BCUT2D eigenvalue weighted by molar-refractivity contribution is -0.142. The number of carboxylic acids is 1. The fourth-order valence-electron chi connectivity index (χ4n) is 0.557. The van der Waals surface area contributed by atoms with Gasteiger partial charge in [0.05, 0.1) is 0 Å². The summed E-state index contributed by atoms with van der Waals surface area (Å²) in [6.45, 7) is -0.999. The molecule has 60 valence electrons. The van der Waals surface area contributed by atoms with Gasteiger partial charge in [0.25, 0.3) is 0 Å². The molecule has 3 N–H and O–H groups in total. The van der Waals surface area contributed by atoms with E-state index in [2.05, 4.69) is 10.4 Å². The van der Waals surface area contributed by atoms with E-state index in [1.807, 2.05) is 0 Å². The number of aliphatic carboxylic acids is 1. The SMILES string of the molecule is [3H]O[C@H](CF)[C@H](NC)C(=O)O. The highest BCUT2D eigenvalue weighted by atomic mass is 19.1. The van der Waals surface area contributed by atoms with Gasteiger partial charge < -0.3 is 15.5 Å². The highest BCUT2D eigenvalue weighted by molar-refractivity contribution is 5.74. The molecule has 0 radical (unpaired) electrons. The number of carboxylic acid groups (broad SMARTS) is 1. The molecule has 2 atom stereocenters. The maximum Gasteiger partial charge on any atom is 0.323 e. The van der Waals surface area contributed by atoms with Gasteiger partial charge in [0.15, 0.2) is 0 Å². The van der Waals surface area contributed by atoms with E-state index < -0.39 is 24.8 Å². The zero-order chi connectivity index (χ0) is 8.85. The van der Waals surface area contributed by atoms with E-state index in [1.165, 1.54) is 7.05 Å². The van der Waals surface area contributed by atoms with Gasteiger partial charge in [-0.2, -0.15) is 0 Å². The van der Waals surface area contributed by atoms with Gasteiger partial charge in [0.1, 0.15) is 18.8 Å². The monoisotopic (exact) mass is 153 g/mol.